The van der Waals surface area contributed by atoms with Crippen LogP contribution in [0.2, 0.25) is 0 Å². The molecule has 130 valence electrons. The maximum Gasteiger partial charge on any atom is 0.241 e. The summed E-state index contributed by atoms with van der Waals surface area (Å²) >= 11 is 0. The second kappa shape index (κ2) is 13.3. The van der Waals surface area contributed by atoms with Gasteiger partial charge in [-0.1, -0.05) is 145 Å². The summed E-state index contributed by atoms with van der Waals surface area (Å²) in [5, 5.41) is 0. The summed E-state index contributed by atoms with van der Waals surface area (Å²) in [6, 6.07) is 22.4. The van der Waals surface area contributed by atoms with Crippen LogP contribution in [0.5, 0.6) is 0 Å². The molecule has 0 bridgehead atoms. The van der Waals surface area contributed by atoms with Crippen LogP contribution in [0.3, 0.4) is 0 Å². The maximum atomic E-state index is 3.94. The molecule has 0 aliphatic heterocycles. The first kappa shape index (κ1) is 21.0. The summed E-state index contributed by atoms with van der Waals surface area (Å²) in [5.41, 5.74) is 3.53. The van der Waals surface area contributed by atoms with E-state index in [2.05, 4.69) is 50.1 Å². The van der Waals surface area contributed by atoms with Crippen LogP contribution in [0.1, 0.15) is 6.92 Å². The van der Waals surface area contributed by atoms with Gasteiger partial charge in [-0.05, 0) is 6.92 Å². The fraction of sp³-hybridized carbons (Fsp3) is 0.0400. The minimum Gasteiger partial charge on any atom is -0.0996 e. The van der Waals surface area contributed by atoms with Gasteiger partial charge < -0.3 is 0 Å². The highest BCUT2D eigenvalue weighted by atomic mass is 14.0. The monoisotopic (exact) mass is 338 g/mol. The zero-order valence-corrected chi connectivity index (χ0v) is 15.6. The molecule has 0 amide bonds. The highest BCUT2D eigenvalue weighted by Gasteiger charge is 2.22. The molecule has 0 unspecified atom stereocenters. The van der Waals surface area contributed by atoms with Crippen LogP contribution in [0.25, 0.3) is 0 Å². The molecule has 2 rings (SSSR count). The van der Waals surface area contributed by atoms with E-state index in [1.54, 1.807) is 6.08 Å². The van der Waals surface area contributed by atoms with Gasteiger partial charge in [-0.25, -0.2) is 0 Å². The normalized spacial score (nSPS) is 11.3. The first-order chi connectivity index (χ1) is 12.8. The number of rotatable bonds is 7. The van der Waals surface area contributed by atoms with Crippen molar-refractivity contribution in [2.24, 2.45) is 0 Å². The number of hydrogen-bond donors (Lipinski definition) is 0. The number of benzene rings is 2. The Bertz CT molecular complexity index is 723. The van der Waals surface area contributed by atoms with Crippen LogP contribution < -0.4 is 5.46 Å². The molecule has 0 aliphatic rings. The van der Waals surface area contributed by atoms with Crippen LogP contribution in [0.4, 0.5) is 0 Å². The lowest BCUT2D eigenvalue weighted by Crippen LogP contribution is -2.34. The van der Waals surface area contributed by atoms with Crippen molar-refractivity contribution >= 4 is 12.2 Å². The molecule has 0 radical (unpaired) electrons. The first-order valence-corrected chi connectivity index (χ1v) is 8.73. The zero-order chi connectivity index (χ0) is 19.0. The van der Waals surface area contributed by atoms with Crippen LogP contribution in [0.15, 0.2) is 140 Å². The van der Waals surface area contributed by atoms with Crippen molar-refractivity contribution in [1.29, 1.82) is 0 Å². The van der Waals surface area contributed by atoms with Crippen LogP contribution in [-0.4, -0.2) is 6.71 Å². The van der Waals surface area contributed by atoms with Crippen molar-refractivity contribution < 1.29 is 0 Å². The molecule has 0 spiro atoms. The third-order valence-corrected chi connectivity index (χ3v) is 3.68. The molecule has 2 aromatic carbocycles. The van der Waals surface area contributed by atoms with Gasteiger partial charge in [-0.2, -0.15) is 0 Å². The van der Waals surface area contributed by atoms with E-state index in [0.717, 1.165) is 5.47 Å². The van der Waals surface area contributed by atoms with Gasteiger partial charge in [0.1, 0.15) is 0 Å². The SMILES string of the molecule is C=C/C=C(\C=C)B(C(/C=C\C)=C/C=C)c1ccccc1.c1ccccc1. The molecule has 2 aromatic rings. The topological polar surface area (TPSA) is 0 Å². The molecule has 0 heterocycles. The molecule has 0 fully saturated rings. The molecular formula is C25H27B. The third kappa shape index (κ3) is 7.23. The first-order valence-electron chi connectivity index (χ1n) is 8.73. The van der Waals surface area contributed by atoms with Gasteiger partial charge in [0.15, 0.2) is 0 Å². The Kier molecular flexibility index (Phi) is 10.7. The fourth-order valence-electron chi connectivity index (χ4n) is 2.60. The Balaban J connectivity index is 0.000000472. The Morgan fingerprint density at radius 1 is 0.731 bits per heavy atom. The van der Waals surface area contributed by atoms with Gasteiger partial charge in [-0.15, -0.1) is 0 Å². The minimum atomic E-state index is 0.140. The van der Waals surface area contributed by atoms with E-state index in [-0.39, 0.29) is 6.71 Å². The van der Waals surface area contributed by atoms with E-state index in [1.165, 1.54) is 10.9 Å². The van der Waals surface area contributed by atoms with Crippen LogP contribution in [0, 0.1) is 0 Å². The van der Waals surface area contributed by atoms with E-state index >= 15 is 0 Å². The summed E-state index contributed by atoms with van der Waals surface area (Å²) in [7, 11) is 0. The lowest BCUT2D eigenvalue weighted by molar-refractivity contribution is 1.66. The van der Waals surface area contributed by atoms with E-state index in [4.69, 9.17) is 0 Å². The third-order valence-electron chi connectivity index (χ3n) is 3.68. The smallest absolute Gasteiger partial charge is 0.0996 e. The van der Waals surface area contributed by atoms with E-state index in [0.29, 0.717) is 0 Å². The van der Waals surface area contributed by atoms with E-state index in [9.17, 15) is 0 Å². The van der Waals surface area contributed by atoms with Crippen molar-refractivity contribution in [1.82, 2.24) is 0 Å². The van der Waals surface area contributed by atoms with Crippen LogP contribution >= 0.6 is 0 Å². The predicted molar refractivity (Wildman–Crippen MR) is 120 cm³/mol. The van der Waals surface area contributed by atoms with Gasteiger partial charge in [0.25, 0.3) is 0 Å². The molecular weight excluding hydrogens is 311 g/mol. The minimum absolute atomic E-state index is 0.140. The number of hydrogen-bond acceptors (Lipinski definition) is 0. The van der Waals surface area contributed by atoms with E-state index in [1.807, 2.05) is 79.8 Å². The van der Waals surface area contributed by atoms with Gasteiger partial charge in [0.05, 0.1) is 0 Å². The maximum absolute atomic E-state index is 3.94. The van der Waals surface area contributed by atoms with Crippen molar-refractivity contribution in [3.63, 3.8) is 0 Å². The van der Waals surface area contributed by atoms with Crippen molar-refractivity contribution in [3.8, 4) is 0 Å². The van der Waals surface area contributed by atoms with Gasteiger partial charge in [0.2, 0.25) is 6.71 Å². The quantitative estimate of drug-likeness (QED) is 0.420. The van der Waals surface area contributed by atoms with Gasteiger partial charge >= 0.3 is 0 Å². The van der Waals surface area contributed by atoms with Gasteiger partial charge in [0, 0.05) is 0 Å². The average Bonchev–Trinajstić information content (AvgIpc) is 2.70. The molecule has 0 saturated heterocycles. The highest BCUT2D eigenvalue weighted by molar-refractivity contribution is 6.87. The van der Waals surface area contributed by atoms with Crippen molar-refractivity contribution in [2.45, 2.75) is 6.92 Å². The molecule has 0 N–H and O–H groups in total. The summed E-state index contributed by atoms with van der Waals surface area (Å²) < 4.78 is 0. The standard InChI is InChI=1S/C19H21B.C6H6/c1-5-12-17(8-4)20(18(13-6-2)14-7-3)19-15-10-9-11-16-19;1-2-4-6-5-3-1/h5-16H,1-2,4H2,3H3;1-6H/b14-7-,17-12+,18-13+;. The summed E-state index contributed by atoms with van der Waals surface area (Å²) in [4.78, 5) is 0. The van der Waals surface area contributed by atoms with Crippen LogP contribution in [-0.2, 0) is 0 Å². The Morgan fingerprint density at radius 2 is 1.19 bits per heavy atom. The van der Waals surface area contributed by atoms with E-state index < -0.39 is 0 Å². The largest absolute Gasteiger partial charge is 0.241 e. The lowest BCUT2D eigenvalue weighted by atomic mass is 9.35. The molecule has 26 heavy (non-hydrogen) atoms. The zero-order valence-electron chi connectivity index (χ0n) is 15.6. The Hall–Kier alpha value is -3.06. The molecule has 0 nitrogen and oxygen atoms in total. The summed E-state index contributed by atoms with van der Waals surface area (Å²) in [6.07, 6.45) is 13.7. The molecule has 0 aliphatic carbocycles. The van der Waals surface area contributed by atoms with Crippen molar-refractivity contribution in [3.05, 3.63) is 140 Å². The lowest BCUT2D eigenvalue weighted by Gasteiger charge is -2.17. The molecule has 0 aromatic heterocycles. The fourth-order valence-corrected chi connectivity index (χ4v) is 2.60. The highest BCUT2D eigenvalue weighted by Crippen LogP contribution is 2.14. The molecule has 0 atom stereocenters. The second-order valence-electron chi connectivity index (χ2n) is 5.51. The summed E-state index contributed by atoms with van der Waals surface area (Å²) in [6.45, 7) is 13.7. The Labute approximate surface area is 159 Å². The molecule has 0 saturated carbocycles. The predicted octanol–water partition coefficient (Wildman–Crippen LogP) is 6.14. The summed E-state index contributed by atoms with van der Waals surface area (Å²) in [5.74, 6) is 0. The average molecular weight is 338 g/mol. The second-order valence-corrected chi connectivity index (χ2v) is 5.51. The molecule has 1 heteroatoms. The van der Waals surface area contributed by atoms with Crippen molar-refractivity contribution in [2.75, 3.05) is 0 Å². The number of allylic oxidation sites excluding steroid dienone is 9. The van der Waals surface area contributed by atoms with Gasteiger partial charge in [-0.3, -0.25) is 0 Å². The Morgan fingerprint density at radius 3 is 1.62 bits per heavy atom.